The number of hydrogen-bond acceptors (Lipinski definition) is 5. The van der Waals surface area contributed by atoms with Crippen molar-refractivity contribution in [1.82, 2.24) is 0 Å². The molecule has 1 aliphatic heterocycles. The topological polar surface area (TPSA) is 78.6 Å². The fourth-order valence-electron chi connectivity index (χ4n) is 3.04. The van der Waals surface area contributed by atoms with E-state index in [1.807, 2.05) is 0 Å². The van der Waals surface area contributed by atoms with Gasteiger partial charge in [0.1, 0.15) is 0 Å². The Morgan fingerprint density at radius 1 is 1.23 bits per heavy atom. The molecule has 1 fully saturated rings. The number of cyclic esters (lactones) is 1. The van der Waals surface area contributed by atoms with E-state index in [0.29, 0.717) is 23.6 Å². The Morgan fingerprint density at radius 2 is 1.91 bits per heavy atom. The van der Waals surface area contributed by atoms with E-state index in [4.69, 9.17) is 15.2 Å². The molecule has 1 atom stereocenters. The van der Waals surface area contributed by atoms with Crippen molar-refractivity contribution in [3.05, 3.63) is 35.4 Å². The maximum atomic E-state index is 12.2. The van der Waals surface area contributed by atoms with E-state index >= 15 is 0 Å². The minimum absolute atomic E-state index is 0. The van der Waals surface area contributed by atoms with Gasteiger partial charge in [0.15, 0.2) is 0 Å². The number of benzene rings is 1. The molecular formula is C16H20ClNO4. The van der Waals surface area contributed by atoms with Gasteiger partial charge in [-0.1, -0.05) is 18.2 Å². The fourth-order valence-corrected chi connectivity index (χ4v) is 3.04. The Bertz CT molecular complexity index is 555. The van der Waals surface area contributed by atoms with Gasteiger partial charge in [0.25, 0.3) is 6.29 Å². The summed E-state index contributed by atoms with van der Waals surface area (Å²) in [5.41, 5.74) is 6.76. The first-order valence-electron chi connectivity index (χ1n) is 7.39. The van der Waals surface area contributed by atoms with Crippen LogP contribution >= 0.6 is 12.4 Å². The zero-order valence-corrected chi connectivity index (χ0v) is 13.0. The molecule has 5 nitrogen and oxygen atoms in total. The van der Waals surface area contributed by atoms with Gasteiger partial charge in [-0.05, 0) is 44.2 Å². The zero-order valence-electron chi connectivity index (χ0n) is 12.2. The van der Waals surface area contributed by atoms with Crippen molar-refractivity contribution < 1.29 is 19.1 Å². The van der Waals surface area contributed by atoms with Gasteiger partial charge < -0.3 is 15.2 Å². The zero-order chi connectivity index (χ0) is 14.8. The third kappa shape index (κ3) is 3.25. The standard InChI is InChI=1S/C16H19NO4.ClH/c17-9-10-5-7-11(8-6-10)14(18)20-16-13-4-2-1-3-12(13)15(19)21-16;/h1-4,10-11,16H,5-9,17H2;1H/t10-,11-,16?;. The normalized spacial score (nSPS) is 26.6. The molecule has 2 aliphatic rings. The first kappa shape index (κ1) is 16.8. The van der Waals surface area contributed by atoms with Crippen LogP contribution in [0.1, 0.15) is 47.9 Å². The summed E-state index contributed by atoms with van der Waals surface area (Å²) in [6, 6.07) is 6.99. The van der Waals surface area contributed by atoms with E-state index in [1.165, 1.54) is 0 Å². The highest BCUT2D eigenvalue weighted by Crippen LogP contribution is 2.34. The van der Waals surface area contributed by atoms with Crippen LogP contribution in [0.15, 0.2) is 24.3 Å². The van der Waals surface area contributed by atoms with Gasteiger partial charge in [0.2, 0.25) is 0 Å². The molecule has 1 unspecified atom stereocenters. The van der Waals surface area contributed by atoms with Crippen molar-refractivity contribution in [1.29, 1.82) is 0 Å². The third-order valence-corrected chi connectivity index (χ3v) is 4.39. The maximum absolute atomic E-state index is 12.2. The summed E-state index contributed by atoms with van der Waals surface area (Å²) in [5.74, 6) is -0.312. The lowest BCUT2D eigenvalue weighted by atomic mass is 9.82. The van der Waals surface area contributed by atoms with Crippen LogP contribution in [-0.4, -0.2) is 18.5 Å². The highest BCUT2D eigenvalue weighted by atomic mass is 35.5. The molecule has 6 heteroatoms. The molecular weight excluding hydrogens is 306 g/mol. The Labute approximate surface area is 135 Å². The Balaban J connectivity index is 0.00000176. The van der Waals surface area contributed by atoms with Gasteiger partial charge in [0.05, 0.1) is 11.5 Å². The lowest BCUT2D eigenvalue weighted by molar-refractivity contribution is -0.174. The average Bonchev–Trinajstić information content (AvgIpc) is 2.84. The number of hydrogen-bond donors (Lipinski definition) is 1. The van der Waals surface area contributed by atoms with E-state index in [2.05, 4.69) is 0 Å². The largest absolute Gasteiger partial charge is 0.420 e. The fraction of sp³-hybridized carbons (Fsp3) is 0.500. The van der Waals surface area contributed by atoms with Gasteiger partial charge in [-0.15, -0.1) is 12.4 Å². The molecule has 1 aromatic carbocycles. The number of nitrogens with two attached hydrogens (primary N) is 1. The van der Waals surface area contributed by atoms with Crippen LogP contribution in [0.5, 0.6) is 0 Å². The smallest absolute Gasteiger partial charge is 0.342 e. The van der Waals surface area contributed by atoms with Crippen LogP contribution in [0.25, 0.3) is 0 Å². The minimum atomic E-state index is -0.895. The van der Waals surface area contributed by atoms with Crippen LogP contribution in [0.4, 0.5) is 0 Å². The van der Waals surface area contributed by atoms with E-state index in [-0.39, 0.29) is 24.3 Å². The number of carbonyl (C=O) groups is 2. The number of esters is 2. The molecule has 2 N–H and O–H groups in total. The van der Waals surface area contributed by atoms with E-state index in [1.54, 1.807) is 24.3 Å². The molecule has 1 aliphatic carbocycles. The molecule has 0 saturated heterocycles. The van der Waals surface area contributed by atoms with Crippen molar-refractivity contribution in [3.8, 4) is 0 Å². The predicted octanol–water partition coefficient (Wildman–Crippen LogP) is 2.59. The second-order valence-corrected chi connectivity index (χ2v) is 5.71. The van der Waals surface area contributed by atoms with Gasteiger partial charge >= 0.3 is 11.9 Å². The first-order valence-corrected chi connectivity index (χ1v) is 7.39. The van der Waals surface area contributed by atoms with E-state index in [9.17, 15) is 9.59 Å². The second-order valence-electron chi connectivity index (χ2n) is 5.71. The molecule has 22 heavy (non-hydrogen) atoms. The highest BCUT2D eigenvalue weighted by molar-refractivity contribution is 5.94. The molecule has 3 rings (SSSR count). The average molecular weight is 326 g/mol. The lowest BCUT2D eigenvalue weighted by Gasteiger charge is -2.26. The molecule has 0 radical (unpaired) electrons. The quantitative estimate of drug-likeness (QED) is 0.864. The van der Waals surface area contributed by atoms with Gasteiger partial charge in [-0.3, -0.25) is 4.79 Å². The molecule has 0 spiro atoms. The number of ether oxygens (including phenoxy) is 2. The van der Waals surface area contributed by atoms with Crippen molar-refractivity contribution in [2.75, 3.05) is 6.54 Å². The molecule has 1 heterocycles. The lowest BCUT2D eigenvalue weighted by Crippen LogP contribution is -2.27. The highest BCUT2D eigenvalue weighted by Gasteiger charge is 2.36. The van der Waals surface area contributed by atoms with Crippen molar-refractivity contribution in [2.24, 2.45) is 17.6 Å². The van der Waals surface area contributed by atoms with Gasteiger partial charge in [-0.2, -0.15) is 0 Å². The minimum Gasteiger partial charge on any atom is -0.420 e. The number of rotatable bonds is 3. The number of halogens is 1. The molecule has 120 valence electrons. The predicted molar refractivity (Wildman–Crippen MR) is 82.4 cm³/mol. The van der Waals surface area contributed by atoms with Gasteiger partial charge in [-0.25, -0.2) is 4.79 Å². The Kier molecular flexibility index (Phi) is 5.42. The molecule has 1 aromatic rings. The van der Waals surface area contributed by atoms with E-state index in [0.717, 1.165) is 25.7 Å². The molecule has 0 amide bonds. The number of fused-ring (bicyclic) bond motifs is 1. The van der Waals surface area contributed by atoms with Gasteiger partial charge in [0, 0.05) is 5.56 Å². The SMILES string of the molecule is Cl.NC[C@H]1CC[C@H](C(=O)OC2OC(=O)c3ccccc32)CC1. The van der Waals surface area contributed by atoms with Crippen LogP contribution in [-0.2, 0) is 14.3 Å². The number of carbonyl (C=O) groups excluding carboxylic acids is 2. The molecule has 1 saturated carbocycles. The summed E-state index contributed by atoms with van der Waals surface area (Å²) in [6.45, 7) is 0.676. The third-order valence-electron chi connectivity index (χ3n) is 4.39. The summed E-state index contributed by atoms with van der Waals surface area (Å²) in [4.78, 5) is 23.9. The molecule has 0 aromatic heterocycles. The first-order chi connectivity index (χ1) is 10.2. The summed E-state index contributed by atoms with van der Waals surface area (Å²) >= 11 is 0. The van der Waals surface area contributed by atoms with E-state index < -0.39 is 12.3 Å². The Hall–Kier alpha value is -1.59. The van der Waals surface area contributed by atoms with Crippen molar-refractivity contribution in [3.63, 3.8) is 0 Å². The summed E-state index contributed by atoms with van der Waals surface area (Å²) in [6.07, 6.45) is 2.61. The van der Waals surface area contributed by atoms with Crippen LogP contribution in [0, 0.1) is 11.8 Å². The van der Waals surface area contributed by atoms with Crippen molar-refractivity contribution in [2.45, 2.75) is 32.0 Å². The monoisotopic (exact) mass is 325 g/mol. The van der Waals surface area contributed by atoms with Crippen LogP contribution < -0.4 is 5.73 Å². The summed E-state index contributed by atoms with van der Waals surface area (Å²) < 4.78 is 10.5. The second kappa shape index (κ2) is 7.11. The summed E-state index contributed by atoms with van der Waals surface area (Å²) in [7, 11) is 0. The van der Waals surface area contributed by atoms with Crippen molar-refractivity contribution >= 4 is 24.3 Å². The van der Waals surface area contributed by atoms with Crippen LogP contribution in [0.2, 0.25) is 0 Å². The maximum Gasteiger partial charge on any atom is 0.342 e. The summed E-state index contributed by atoms with van der Waals surface area (Å²) in [5, 5.41) is 0. The Morgan fingerprint density at radius 3 is 2.59 bits per heavy atom. The molecule has 0 bridgehead atoms. The van der Waals surface area contributed by atoms with Crippen LogP contribution in [0.3, 0.4) is 0 Å².